The molecule has 3 amide bonds. The van der Waals surface area contributed by atoms with Crippen LogP contribution in [0.3, 0.4) is 0 Å². The third-order valence-electron chi connectivity index (χ3n) is 6.07. The van der Waals surface area contributed by atoms with Crippen molar-refractivity contribution in [1.29, 1.82) is 0 Å². The van der Waals surface area contributed by atoms with Crippen LogP contribution in [-0.4, -0.2) is 66.3 Å². The van der Waals surface area contributed by atoms with Crippen LogP contribution in [0.5, 0.6) is 5.75 Å². The number of amides is 3. The van der Waals surface area contributed by atoms with E-state index in [1.54, 1.807) is 42.5 Å². The number of aldehydes is 1. The van der Waals surface area contributed by atoms with Gasteiger partial charge in [0.05, 0.1) is 6.04 Å². The molecule has 0 saturated heterocycles. The van der Waals surface area contributed by atoms with Crippen molar-refractivity contribution in [2.45, 2.75) is 56.7 Å². The number of hydrogen-bond donors (Lipinski definition) is 7. The summed E-state index contributed by atoms with van der Waals surface area (Å²) >= 11 is 0. The van der Waals surface area contributed by atoms with Crippen LogP contribution in [0.25, 0.3) is 0 Å². The largest absolute Gasteiger partial charge is 0.508 e. The van der Waals surface area contributed by atoms with E-state index in [-0.39, 0.29) is 31.1 Å². The number of aromatic hydroxyl groups is 1. The minimum atomic E-state index is -1.02. The molecule has 3 atom stereocenters. The fourth-order valence-electron chi connectivity index (χ4n) is 3.94. The van der Waals surface area contributed by atoms with Crippen LogP contribution in [0.2, 0.25) is 0 Å². The molecule has 2 rings (SSSR count). The van der Waals surface area contributed by atoms with Crippen LogP contribution in [0.15, 0.2) is 59.6 Å². The van der Waals surface area contributed by atoms with E-state index in [0.717, 1.165) is 5.56 Å². The number of phenolic OH excluding ortho intramolecular Hbond substituents is 1. The van der Waals surface area contributed by atoms with Gasteiger partial charge in [-0.3, -0.25) is 19.4 Å². The molecule has 2 aromatic carbocycles. The maximum atomic E-state index is 13.3. The number of carbonyl (C=O) groups is 4. The monoisotopic (exact) mass is 553 g/mol. The van der Waals surface area contributed by atoms with E-state index >= 15 is 0 Å². The van der Waals surface area contributed by atoms with Gasteiger partial charge in [-0.05, 0) is 74.9 Å². The Morgan fingerprint density at radius 1 is 0.850 bits per heavy atom. The zero-order valence-corrected chi connectivity index (χ0v) is 22.4. The number of nitrogens with zero attached hydrogens (tertiary/aromatic N) is 1. The van der Waals surface area contributed by atoms with Gasteiger partial charge in [-0.15, -0.1) is 0 Å². The van der Waals surface area contributed by atoms with Gasteiger partial charge in [-0.1, -0.05) is 30.3 Å². The van der Waals surface area contributed by atoms with E-state index in [4.69, 9.17) is 17.2 Å². The SMILES string of the molecule is NCCCC[C@H](NC(=O)c1ccccc1)C(=O)N[C@@H](CCCN=C(N)N)C(=O)N[C@H](C=O)Cc1ccc(O)cc1. The Hall–Kier alpha value is -4.45. The third kappa shape index (κ3) is 11.5. The van der Waals surface area contributed by atoms with Crippen LogP contribution in [-0.2, 0) is 20.8 Å². The first-order valence-corrected chi connectivity index (χ1v) is 13.2. The molecule has 0 radical (unpaired) electrons. The van der Waals surface area contributed by atoms with Gasteiger partial charge >= 0.3 is 0 Å². The zero-order valence-electron chi connectivity index (χ0n) is 22.4. The summed E-state index contributed by atoms with van der Waals surface area (Å²) in [5, 5.41) is 17.6. The first-order chi connectivity index (χ1) is 19.2. The number of nitrogens with one attached hydrogen (secondary N) is 3. The first kappa shape index (κ1) is 31.8. The average molecular weight is 554 g/mol. The Bertz CT molecular complexity index is 1120. The van der Waals surface area contributed by atoms with Gasteiger partial charge in [0.1, 0.15) is 24.1 Å². The second-order valence-corrected chi connectivity index (χ2v) is 9.31. The van der Waals surface area contributed by atoms with Crippen LogP contribution < -0.4 is 33.2 Å². The van der Waals surface area contributed by atoms with Crippen molar-refractivity contribution in [2.75, 3.05) is 13.1 Å². The maximum Gasteiger partial charge on any atom is 0.251 e. The lowest BCUT2D eigenvalue weighted by Crippen LogP contribution is -2.55. The Labute approximate surface area is 233 Å². The normalized spacial score (nSPS) is 12.8. The average Bonchev–Trinajstić information content (AvgIpc) is 2.95. The molecule has 12 nitrogen and oxygen atoms in total. The van der Waals surface area contributed by atoms with Gasteiger partial charge in [0.2, 0.25) is 11.8 Å². The van der Waals surface area contributed by atoms with Crippen LogP contribution in [0.4, 0.5) is 0 Å². The molecule has 0 aliphatic carbocycles. The Balaban J connectivity index is 2.15. The molecule has 216 valence electrons. The molecule has 2 aromatic rings. The smallest absolute Gasteiger partial charge is 0.251 e. The second-order valence-electron chi connectivity index (χ2n) is 9.31. The number of guanidine groups is 1. The second kappa shape index (κ2) is 17.2. The Morgan fingerprint density at radius 2 is 1.48 bits per heavy atom. The van der Waals surface area contributed by atoms with Gasteiger partial charge in [0.25, 0.3) is 5.91 Å². The van der Waals surface area contributed by atoms with E-state index in [1.165, 1.54) is 12.1 Å². The van der Waals surface area contributed by atoms with Gasteiger partial charge in [0.15, 0.2) is 5.96 Å². The molecule has 0 spiro atoms. The number of hydrogen-bond acceptors (Lipinski definition) is 7. The fraction of sp³-hybridized carbons (Fsp3) is 0.393. The molecule has 12 heteroatoms. The minimum Gasteiger partial charge on any atom is -0.508 e. The molecule has 40 heavy (non-hydrogen) atoms. The molecule has 0 unspecified atom stereocenters. The summed E-state index contributed by atoms with van der Waals surface area (Å²) in [5.74, 6) is -1.53. The van der Waals surface area contributed by atoms with Gasteiger partial charge in [-0.2, -0.15) is 0 Å². The number of rotatable bonds is 17. The van der Waals surface area contributed by atoms with Crippen molar-refractivity contribution >= 4 is 30.0 Å². The highest BCUT2D eigenvalue weighted by molar-refractivity contribution is 5.98. The molecule has 0 aliphatic rings. The first-order valence-electron chi connectivity index (χ1n) is 13.2. The molecule has 10 N–H and O–H groups in total. The van der Waals surface area contributed by atoms with E-state index in [9.17, 15) is 24.3 Å². The molecular formula is C28H39N7O5. The molecular weight excluding hydrogens is 514 g/mol. The molecule has 0 aromatic heterocycles. The van der Waals surface area contributed by atoms with E-state index < -0.39 is 35.8 Å². The molecule has 0 bridgehead atoms. The highest BCUT2D eigenvalue weighted by Gasteiger charge is 2.28. The van der Waals surface area contributed by atoms with Crippen LogP contribution in [0.1, 0.15) is 48.0 Å². The highest BCUT2D eigenvalue weighted by atomic mass is 16.3. The van der Waals surface area contributed by atoms with E-state index in [1.807, 2.05) is 0 Å². The number of carbonyl (C=O) groups excluding carboxylic acids is 4. The Morgan fingerprint density at radius 3 is 2.10 bits per heavy atom. The predicted molar refractivity (Wildman–Crippen MR) is 152 cm³/mol. The summed E-state index contributed by atoms with van der Waals surface area (Å²) in [4.78, 5) is 55.0. The third-order valence-corrected chi connectivity index (χ3v) is 6.07. The van der Waals surface area contributed by atoms with Crippen molar-refractivity contribution in [3.05, 3.63) is 65.7 Å². The van der Waals surface area contributed by atoms with E-state index in [0.29, 0.717) is 44.1 Å². The summed E-state index contributed by atoms with van der Waals surface area (Å²) in [6, 6.07) is 12.0. The lowest BCUT2D eigenvalue weighted by molar-refractivity contribution is -0.131. The van der Waals surface area contributed by atoms with Crippen LogP contribution >= 0.6 is 0 Å². The van der Waals surface area contributed by atoms with E-state index in [2.05, 4.69) is 20.9 Å². The summed E-state index contributed by atoms with van der Waals surface area (Å²) in [6.07, 6.45) is 2.92. The number of benzene rings is 2. The number of phenols is 1. The summed E-state index contributed by atoms with van der Waals surface area (Å²) in [5.41, 5.74) is 17.5. The summed E-state index contributed by atoms with van der Waals surface area (Å²) in [7, 11) is 0. The fourth-order valence-corrected chi connectivity index (χ4v) is 3.94. The van der Waals surface area contributed by atoms with Crippen molar-refractivity contribution in [3.8, 4) is 5.75 Å². The highest BCUT2D eigenvalue weighted by Crippen LogP contribution is 2.12. The van der Waals surface area contributed by atoms with Crippen molar-refractivity contribution < 1.29 is 24.3 Å². The van der Waals surface area contributed by atoms with Crippen molar-refractivity contribution in [3.63, 3.8) is 0 Å². The zero-order chi connectivity index (χ0) is 29.3. The lowest BCUT2D eigenvalue weighted by Gasteiger charge is -2.24. The molecule has 0 saturated carbocycles. The number of nitrogens with two attached hydrogens (primary N) is 3. The summed E-state index contributed by atoms with van der Waals surface area (Å²) < 4.78 is 0. The quantitative estimate of drug-likeness (QED) is 0.0615. The molecule has 0 heterocycles. The lowest BCUT2D eigenvalue weighted by atomic mass is 10.0. The van der Waals surface area contributed by atoms with Crippen molar-refractivity contribution in [1.82, 2.24) is 16.0 Å². The maximum absolute atomic E-state index is 13.3. The van der Waals surface area contributed by atoms with Crippen molar-refractivity contribution in [2.24, 2.45) is 22.2 Å². The Kier molecular flexibility index (Phi) is 13.7. The van der Waals surface area contributed by atoms with Gasteiger partial charge in [0, 0.05) is 12.1 Å². The number of aliphatic imine (C=N–C) groups is 1. The predicted octanol–water partition coefficient (Wildman–Crippen LogP) is 0.0844. The topological polar surface area (TPSA) is 215 Å². The summed E-state index contributed by atoms with van der Waals surface area (Å²) in [6.45, 7) is 0.669. The van der Waals surface area contributed by atoms with Gasteiger partial charge in [-0.25, -0.2) is 0 Å². The molecule has 0 aliphatic heterocycles. The minimum absolute atomic E-state index is 0.0827. The standard InChI is InChI=1S/C28H39N7O5/c29-15-5-4-9-23(34-25(38)20-7-2-1-3-8-20)27(40)35-24(10-6-16-32-28(30)31)26(39)33-21(18-36)17-19-11-13-22(37)14-12-19/h1-3,7-8,11-14,18,21,23-24,37H,4-6,9-10,15-17,29H2,(H,33,39)(H,34,38)(H,35,40)(H4,30,31,32)/t21-,23-,24-/m0/s1. The van der Waals surface area contributed by atoms with Gasteiger partial charge < -0.3 is 43.1 Å². The van der Waals surface area contributed by atoms with Crippen LogP contribution in [0, 0.1) is 0 Å². The molecule has 0 fully saturated rings. The number of unbranched alkanes of at least 4 members (excludes halogenated alkanes) is 1.